The maximum absolute atomic E-state index is 13.2. The number of carboxylic acids is 1. The first kappa shape index (κ1) is 14.3. The van der Waals surface area contributed by atoms with Gasteiger partial charge in [0.05, 0.1) is 5.92 Å². The van der Waals surface area contributed by atoms with E-state index >= 15 is 0 Å². The molecule has 1 aromatic rings. The topological polar surface area (TPSA) is 78.4 Å². The molecule has 1 saturated carbocycles. The number of rotatable bonds is 3. The van der Waals surface area contributed by atoms with E-state index in [0.717, 1.165) is 0 Å². The first-order chi connectivity index (χ1) is 9.44. The average molecular weight is 280 g/mol. The molecule has 1 aromatic carbocycles. The Kier molecular flexibility index (Phi) is 4.22. The van der Waals surface area contributed by atoms with Crippen molar-refractivity contribution in [1.29, 1.82) is 0 Å². The molecule has 0 aromatic heterocycles. The molecule has 3 N–H and O–H groups in total. The minimum Gasteiger partial charge on any atom is -0.481 e. The van der Waals surface area contributed by atoms with Gasteiger partial charge in [-0.3, -0.25) is 4.79 Å². The molecule has 1 aliphatic rings. The fraction of sp³-hybridized carbons (Fsp3) is 0.429. The summed E-state index contributed by atoms with van der Waals surface area (Å²) >= 11 is 0. The molecule has 6 heteroatoms. The number of carbonyl (C=O) groups excluding carboxylic acids is 1. The molecule has 2 atom stereocenters. The number of urea groups is 1. The van der Waals surface area contributed by atoms with Gasteiger partial charge in [0, 0.05) is 11.7 Å². The van der Waals surface area contributed by atoms with Crippen molar-refractivity contribution in [1.82, 2.24) is 5.32 Å². The summed E-state index contributed by atoms with van der Waals surface area (Å²) in [5.41, 5.74) is 1.10. The molecule has 0 bridgehead atoms. The number of nitrogens with one attached hydrogen (secondary N) is 2. The summed E-state index contributed by atoms with van der Waals surface area (Å²) in [5, 5.41) is 14.2. The van der Waals surface area contributed by atoms with Crippen molar-refractivity contribution in [3.8, 4) is 0 Å². The Morgan fingerprint density at radius 1 is 1.30 bits per heavy atom. The first-order valence-corrected chi connectivity index (χ1v) is 6.51. The van der Waals surface area contributed by atoms with E-state index in [0.29, 0.717) is 30.5 Å². The number of carboxylic acid groups (broad SMARTS) is 1. The maximum atomic E-state index is 13.2. The highest BCUT2D eigenvalue weighted by Crippen LogP contribution is 2.25. The SMILES string of the molecule is Cc1cc(F)cc(NC(=O)N[C@H]2CC[C@@H](C(=O)O)C2)c1. The van der Waals surface area contributed by atoms with Crippen molar-refractivity contribution in [2.45, 2.75) is 32.2 Å². The molecule has 2 amide bonds. The van der Waals surface area contributed by atoms with Gasteiger partial charge in [-0.25, -0.2) is 9.18 Å². The Balaban J connectivity index is 1.88. The van der Waals surface area contributed by atoms with Gasteiger partial charge in [0.2, 0.25) is 0 Å². The Bertz CT molecular complexity index is 513. The number of hydrogen-bond donors (Lipinski definition) is 3. The highest BCUT2D eigenvalue weighted by molar-refractivity contribution is 5.89. The number of carbonyl (C=O) groups is 2. The second kappa shape index (κ2) is 5.90. The Labute approximate surface area is 116 Å². The zero-order valence-corrected chi connectivity index (χ0v) is 11.1. The number of aliphatic carboxylic acids is 1. The summed E-state index contributed by atoms with van der Waals surface area (Å²) in [6.45, 7) is 1.74. The normalized spacial score (nSPS) is 21.5. The number of benzene rings is 1. The van der Waals surface area contributed by atoms with Crippen molar-refractivity contribution < 1.29 is 19.1 Å². The van der Waals surface area contributed by atoms with Crippen molar-refractivity contribution >= 4 is 17.7 Å². The van der Waals surface area contributed by atoms with E-state index in [4.69, 9.17) is 5.11 Å². The van der Waals surface area contributed by atoms with Crippen LogP contribution in [-0.2, 0) is 4.79 Å². The summed E-state index contributed by atoms with van der Waals surface area (Å²) < 4.78 is 13.2. The van der Waals surface area contributed by atoms with Gasteiger partial charge >= 0.3 is 12.0 Å². The minimum atomic E-state index is -0.824. The fourth-order valence-electron chi connectivity index (χ4n) is 2.50. The standard InChI is InChI=1S/C14H17FN2O3/c1-8-4-10(15)7-12(5-8)17-14(20)16-11-3-2-9(6-11)13(18)19/h4-5,7,9,11H,2-3,6H2,1H3,(H,18,19)(H2,16,17,20)/t9-,11+/m1/s1. The van der Waals surface area contributed by atoms with Crippen LogP contribution in [0.4, 0.5) is 14.9 Å². The third-order valence-corrected chi connectivity index (χ3v) is 3.42. The van der Waals surface area contributed by atoms with Gasteiger partial charge in [-0.2, -0.15) is 0 Å². The van der Waals surface area contributed by atoms with Gasteiger partial charge in [0.1, 0.15) is 5.82 Å². The van der Waals surface area contributed by atoms with Gasteiger partial charge < -0.3 is 15.7 Å². The van der Waals surface area contributed by atoms with Gasteiger partial charge in [-0.05, 0) is 49.9 Å². The van der Waals surface area contributed by atoms with Crippen LogP contribution in [0.1, 0.15) is 24.8 Å². The monoisotopic (exact) mass is 280 g/mol. The molecule has 1 aliphatic carbocycles. The molecule has 0 unspecified atom stereocenters. The predicted molar refractivity (Wildman–Crippen MR) is 72.1 cm³/mol. The molecule has 108 valence electrons. The van der Waals surface area contributed by atoms with Crippen LogP contribution in [0.3, 0.4) is 0 Å². The lowest BCUT2D eigenvalue weighted by atomic mass is 10.1. The average Bonchev–Trinajstić information content (AvgIpc) is 2.75. The summed E-state index contributed by atoms with van der Waals surface area (Å²) in [5.74, 6) is -1.63. The van der Waals surface area contributed by atoms with Crippen molar-refractivity contribution in [3.63, 3.8) is 0 Å². The molecule has 0 radical (unpaired) electrons. The molecule has 5 nitrogen and oxygen atoms in total. The van der Waals surface area contributed by atoms with Gasteiger partial charge in [-0.1, -0.05) is 0 Å². The van der Waals surface area contributed by atoms with Gasteiger partial charge in [-0.15, -0.1) is 0 Å². The number of halogens is 1. The number of anilines is 1. The lowest BCUT2D eigenvalue weighted by Gasteiger charge is -2.13. The van der Waals surface area contributed by atoms with E-state index in [1.54, 1.807) is 13.0 Å². The number of amides is 2. The van der Waals surface area contributed by atoms with E-state index in [-0.39, 0.29) is 6.04 Å². The molecule has 1 fully saturated rings. The molecule has 0 aliphatic heterocycles. The predicted octanol–water partition coefficient (Wildman–Crippen LogP) is 2.51. The van der Waals surface area contributed by atoms with Crippen LogP contribution in [-0.4, -0.2) is 23.1 Å². The molecular formula is C14H17FN2O3. The van der Waals surface area contributed by atoms with Crippen LogP contribution >= 0.6 is 0 Å². The molecule has 0 saturated heterocycles. The third kappa shape index (κ3) is 3.69. The zero-order valence-electron chi connectivity index (χ0n) is 11.1. The smallest absolute Gasteiger partial charge is 0.319 e. The molecule has 0 spiro atoms. The summed E-state index contributed by atoms with van der Waals surface area (Å²) in [6, 6.07) is 3.69. The zero-order chi connectivity index (χ0) is 14.7. The van der Waals surface area contributed by atoms with Gasteiger partial charge in [0.15, 0.2) is 0 Å². The summed E-state index contributed by atoms with van der Waals surface area (Å²) in [6.07, 6.45) is 1.65. The third-order valence-electron chi connectivity index (χ3n) is 3.42. The lowest BCUT2D eigenvalue weighted by molar-refractivity contribution is -0.141. The van der Waals surface area contributed by atoms with E-state index < -0.39 is 23.7 Å². The van der Waals surface area contributed by atoms with E-state index in [9.17, 15) is 14.0 Å². The highest BCUT2D eigenvalue weighted by atomic mass is 19.1. The van der Waals surface area contributed by atoms with Crippen LogP contribution in [0.25, 0.3) is 0 Å². The molecular weight excluding hydrogens is 263 g/mol. The quantitative estimate of drug-likeness (QED) is 0.796. The van der Waals surface area contributed by atoms with Crippen LogP contribution in [0.15, 0.2) is 18.2 Å². The van der Waals surface area contributed by atoms with Crippen molar-refractivity contribution in [3.05, 3.63) is 29.6 Å². The Morgan fingerprint density at radius 2 is 2.05 bits per heavy atom. The van der Waals surface area contributed by atoms with E-state index in [1.807, 2.05) is 0 Å². The summed E-state index contributed by atoms with van der Waals surface area (Å²) in [4.78, 5) is 22.6. The van der Waals surface area contributed by atoms with E-state index in [2.05, 4.69) is 10.6 Å². The van der Waals surface area contributed by atoms with Crippen LogP contribution in [0, 0.1) is 18.7 Å². The Hall–Kier alpha value is -2.11. The number of aryl methyl sites for hydroxylation is 1. The molecule has 2 rings (SSSR count). The van der Waals surface area contributed by atoms with Crippen LogP contribution < -0.4 is 10.6 Å². The van der Waals surface area contributed by atoms with Crippen LogP contribution in [0.5, 0.6) is 0 Å². The molecule has 20 heavy (non-hydrogen) atoms. The molecule has 0 heterocycles. The van der Waals surface area contributed by atoms with Gasteiger partial charge in [0.25, 0.3) is 0 Å². The highest BCUT2D eigenvalue weighted by Gasteiger charge is 2.30. The second-order valence-electron chi connectivity index (χ2n) is 5.16. The first-order valence-electron chi connectivity index (χ1n) is 6.51. The maximum Gasteiger partial charge on any atom is 0.319 e. The fourth-order valence-corrected chi connectivity index (χ4v) is 2.50. The van der Waals surface area contributed by atoms with Crippen LogP contribution in [0.2, 0.25) is 0 Å². The van der Waals surface area contributed by atoms with Crippen molar-refractivity contribution in [2.24, 2.45) is 5.92 Å². The number of hydrogen-bond acceptors (Lipinski definition) is 2. The minimum absolute atomic E-state index is 0.147. The second-order valence-corrected chi connectivity index (χ2v) is 5.16. The van der Waals surface area contributed by atoms with E-state index in [1.165, 1.54) is 12.1 Å². The summed E-state index contributed by atoms with van der Waals surface area (Å²) in [7, 11) is 0. The Morgan fingerprint density at radius 3 is 2.65 bits per heavy atom. The largest absolute Gasteiger partial charge is 0.481 e. The lowest BCUT2D eigenvalue weighted by Crippen LogP contribution is -2.36. The van der Waals surface area contributed by atoms with Crippen molar-refractivity contribution in [2.75, 3.05) is 5.32 Å².